The van der Waals surface area contributed by atoms with E-state index in [0.717, 1.165) is 0 Å². The molecule has 5 nitrogen and oxygen atoms in total. The highest BCUT2D eigenvalue weighted by Gasteiger charge is 2.17. The van der Waals surface area contributed by atoms with E-state index in [1.165, 1.54) is 7.11 Å². The number of fused-ring (bicyclic) bond motifs is 1. The van der Waals surface area contributed by atoms with E-state index < -0.39 is 0 Å². The molecule has 0 aliphatic rings. The van der Waals surface area contributed by atoms with E-state index in [2.05, 4.69) is 0 Å². The van der Waals surface area contributed by atoms with Crippen LogP contribution in [0.5, 0.6) is 5.75 Å². The molecule has 0 aliphatic heterocycles. The van der Waals surface area contributed by atoms with Gasteiger partial charge in [0.05, 0.1) is 13.2 Å². The highest BCUT2D eigenvalue weighted by atomic mass is 16.5. The Morgan fingerprint density at radius 3 is 3.07 bits per heavy atom. The van der Waals surface area contributed by atoms with E-state index in [1.54, 1.807) is 18.2 Å². The van der Waals surface area contributed by atoms with Crippen LogP contribution < -0.4 is 9.47 Å². The Morgan fingerprint density at radius 1 is 1.60 bits per heavy atom. The predicted octanol–water partition coefficient (Wildman–Crippen LogP) is 1.14. The van der Waals surface area contributed by atoms with Crippen LogP contribution in [0.4, 0.5) is 0 Å². The molecule has 2 aromatic rings. The molecule has 5 heteroatoms. The Balaban J connectivity index is 2.61. The second kappa shape index (κ2) is 3.50. The molecule has 15 heavy (non-hydrogen) atoms. The minimum Gasteiger partial charge on any atom is -0.616 e. The Labute approximate surface area is 85.7 Å². The van der Waals surface area contributed by atoms with Crippen molar-refractivity contribution in [1.82, 2.24) is 0 Å². The standard InChI is InChI=1S/C10H8N2O3/c1-14-7-2-3-8-9(6-7)15-10(4-5-11)12(8)13/h2-3,6H,4H2,1H3. The first-order valence-corrected chi connectivity index (χ1v) is 4.32. The van der Waals surface area contributed by atoms with Crippen molar-refractivity contribution in [3.05, 3.63) is 29.3 Å². The van der Waals surface area contributed by atoms with Crippen LogP contribution >= 0.6 is 0 Å². The summed E-state index contributed by atoms with van der Waals surface area (Å²) in [5, 5.41) is 20.0. The maximum atomic E-state index is 11.5. The number of nitrogens with zero attached hydrogens (tertiary/aromatic N) is 2. The van der Waals surface area contributed by atoms with Gasteiger partial charge in [0, 0.05) is 12.1 Å². The summed E-state index contributed by atoms with van der Waals surface area (Å²) >= 11 is 0. The minimum absolute atomic E-state index is 0.0412. The average molecular weight is 204 g/mol. The second-order valence-electron chi connectivity index (χ2n) is 2.96. The van der Waals surface area contributed by atoms with Gasteiger partial charge in [-0.2, -0.15) is 5.26 Å². The van der Waals surface area contributed by atoms with Crippen molar-refractivity contribution in [3.8, 4) is 11.8 Å². The van der Waals surface area contributed by atoms with E-state index in [1.807, 2.05) is 6.07 Å². The van der Waals surface area contributed by atoms with Gasteiger partial charge < -0.3 is 14.4 Å². The molecule has 0 radical (unpaired) electrons. The summed E-state index contributed by atoms with van der Waals surface area (Å²) in [5.41, 5.74) is 0.829. The van der Waals surface area contributed by atoms with Gasteiger partial charge in [-0.15, -0.1) is 4.73 Å². The van der Waals surface area contributed by atoms with Crippen LogP contribution in [-0.2, 0) is 6.42 Å². The van der Waals surface area contributed by atoms with Crippen molar-refractivity contribution in [2.45, 2.75) is 6.42 Å². The van der Waals surface area contributed by atoms with Crippen LogP contribution in [-0.4, -0.2) is 7.11 Å². The van der Waals surface area contributed by atoms with Gasteiger partial charge in [0.2, 0.25) is 5.58 Å². The lowest BCUT2D eigenvalue weighted by Gasteiger charge is -1.95. The third kappa shape index (κ3) is 1.46. The Morgan fingerprint density at radius 2 is 2.40 bits per heavy atom. The van der Waals surface area contributed by atoms with Crippen molar-refractivity contribution in [2.75, 3.05) is 7.11 Å². The molecule has 1 aromatic carbocycles. The van der Waals surface area contributed by atoms with Crippen molar-refractivity contribution in [3.63, 3.8) is 0 Å². The monoisotopic (exact) mass is 204 g/mol. The number of aromatic nitrogens is 1. The number of nitriles is 1. The van der Waals surface area contributed by atoms with Gasteiger partial charge in [0.1, 0.15) is 5.75 Å². The lowest BCUT2D eigenvalue weighted by molar-refractivity contribution is -0.591. The van der Waals surface area contributed by atoms with Crippen molar-refractivity contribution >= 4 is 11.1 Å². The lowest BCUT2D eigenvalue weighted by Crippen LogP contribution is -2.28. The molecule has 0 atom stereocenters. The third-order valence-electron chi connectivity index (χ3n) is 2.07. The second-order valence-corrected chi connectivity index (χ2v) is 2.96. The lowest BCUT2D eigenvalue weighted by atomic mass is 10.3. The largest absolute Gasteiger partial charge is 0.616 e. The van der Waals surface area contributed by atoms with Crippen molar-refractivity contribution < 1.29 is 13.9 Å². The topological polar surface area (TPSA) is 73.1 Å². The molecule has 0 saturated carbocycles. The van der Waals surface area contributed by atoms with Gasteiger partial charge >= 0.3 is 5.89 Å². The number of hydrogen-bond acceptors (Lipinski definition) is 4. The van der Waals surface area contributed by atoms with Crippen LogP contribution in [0.25, 0.3) is 11.1 Å². The highest BCUT2D eigenvalue weighted by Crippen LogP contribution is 2.20. The van der Waals surface area contributed by atoms with Gasteiger partial charge in [0.25, 0.3) is 5.52 Å². The zero-order valence-electron chi connectivity index (χ0n) is 8.06. The summed E-state index contributed by atoms with van der Waals surface area (Å²) in [6.45, 7) is 0. The van der Waals surface area contributed by atoms with Crippen LogP contribution in [0.2, 0.25) is 0 Å². The number of rotatable bonds is 2. The SMILES string of the molecule is COc1ccc2c(c1)oc(CC#N)[n+]2[O-]. The maximum Gasteiger partial charge on any atom is 0.374 e. The normalized spacial score (nSPS) is 10.1. The summed E-state index contributed by atoms with van der Waals surface area (Å²) in [6.07, 6.45) is -0.0412. The Hall–Kier alpha value is -2.22. The number of benzene rings is 1. The first-order chi connectivity index (χ1) is 7.26. The molecule has 0 N–H and O–H groups in total. The molecule has 0 saturated heterocycles. The van der Waals surface area contributed by atoms with Crippen LogP contribution in [0.1, 0.15) is 5.89 Å². The molecular formula is C10H8N2O3. The zero-order chi connectivity index (χ0) is 10.8. The van der Waals surface area contributed by atoms with Gasteiger partial charge in [-0.3, -0.25) is 0 Å². The fraction of sp³-hybridized carbons (Fsp3) is 0.200. The van der Waals surface area contributed by atoms with Gasteiger partial charge in [-0.25, -0.2) is 0 Å². The van der Waals surface area contributed by atoms with Crippen LogP contribution in [0, 0.1) is 16.5 Å². The number of hydrogen-bond donors (Lipinski definition) is 0. The summed E-state index contributed by atoms with van der Waals surface area (Å²) < 4.78 is 10.8. The minimum atomic E-state index is -0.0412. The van der Waals surface area contributed by atoms with E-state index >= 15 is 0 Å². The first-order valence-electron chi connectivity index (χ1n) is 4.32. The quantitative estimate of drug-likeness (QED) is 0.543. The fourth-order valence-electron chi connectivity index (χ4n) is 1.35. The van der Waals surface area contributed by atoms with E-state index in [4.69, 9.17) is 14.4 Å². The highest BCUT2D eigenvalue weighted by molar-refractivity contribution is 5.71. The molecule has 1 aromatic heterocycles. The van der Waals surface area contributed by atoms with Gasteiger partial charge in [0.15, 0.2) is 6.42 Å². The average Bonchev–Trinajstić information content (AvgIpc) is 2.56. The molecule has 0 fully saturated rings. The molecule has 2 rings (SSSR count). The van der Waals surface area contributed by atoms with E-state index in [-0.39, 0.29) is 12.3 Å². The van der Waals surface area contributed by atoms with Crippen LogP contribution in [0.3, 0.4) is 0 Å². The molecule has 0 bridgehead atoms. The Bertz CT molecular complexity index is 539. The third-order valence-corrected chi connectivity index (χ3v) is 2.07. The van der Waals surface area contributed by atoms with Gasteiger partial charge in [-0.1, -0.05) is 0 Å². The molecule has 1 heterocycles. The number of methoxy groups -OCH3 is 1. The first kappa shape index (κ1) is 9.34. The van der Waals surface area contributed by atoms with Gasteiger partial charge in [-0.05, 0) is 6.07 Å². The van der Waals surface area contributed by atoms with Crippen molar-refractivity contribution in [2.24, 2.45) is 0 Å². The van der Waals surface area contributed by atoms with Crippen molar-refractivity contribution in [1.29, 1.82) is 5.26 Å². The predicted molar refractivity (Wildman–Crippen MR) is 51.0 cm³/mol. The Kier molecular flexibility index (Phi) is 2.18. The number of ether oxygens (including phenoxy) is 1. The molecule has 0 amide bonds. The fourth-order valence-corrected chi connectivity index (χ4v) is 1.35. The molecule has 0 aliphatic carbocycles. The van der Waals surface area contributed by atoms with E-state index in [0.29, 0.717) is 21.6 Å². The van der Waals surface area contributed by atoms with Crippen LogP contribution in [0.15, 0.2) is 22.6 Å². The molecule has 0 unspecified atom stereocenters. The maximum absolute atomic E-state index is 11.5. The zero-order valence-corrected chi connectivity index (χ0v) is 8.06. The summed E-state index contributed by atoms with van der Waals surface area (Å²) in [6, 6.07) is 6.76. The number of oxazole rings is 1. The summed E-state index contributed by atoms with van der Waals surface area (Å²) in [5.74, 6) is 0.709. The molecule has 0 spiro atoms. The summed E-state index contributed by atoms with van der Waals surface area (Å²) in [7, 11) is 1.53. The molecular weight excluding hydrogens is 196 g/mol. The van der Waals surface area contributed by atoms with E-state index in [9.17, 15) is 5.21 Å². The summed E-state index contributed by atoms with van der Waals surface area (Å²) in [4.78, 5) is 0. The smallest absolute Gasteiger partial charge is 0.374 e. The molecule has 76 valence electrons.